The minimum absolute atomic E-state index is 0.991. The smallest absolute Gasteiger partial charge is 0.0386 e. The molecule has 1 radical (unpaired) electrons. The minimum atomic E-state index is 0.991. The van der Waals surface area contributed by atoms with Gasteiger partial charge in [0.2, 0.25) is 0 Å². The van der Waals surface area contributed by atoms with E-state index in [0.717, 1.165) is 5.92 Å². The van der Waals surface area contributed by atoms with Crippen molar-refractivity contribution in [2.45, 2.75) is 26.2 Å². The van der Waals surface area contributed by atoms with Gasteiger partial charge in [0.25, 0.3) is 0 Å². The molecule has 1 rings (SSSR count). The van der Waals surface area contributed by atoms with Crippen LogP contribution in [0.5, 0.6) is 0 Å². The van der Waals surface area contributed by atoms with Gasteiger partial charge in [-0.25, -0.2) is 0 Å². The van der Waals surface area contributed by atoms with Gasteiger partial charge in [0.15, 0.2) is 0 Å². The second-order valence-corrected chi connectivity index (χ2v) is 2.02. The first-order chi connectivity index (χ1) is 2.93. The Bertz CT molecular complexity index is 32.5. The molecule has 1 aliphatic rings. The van der Waals surface area contributed by atoms with Crippen molar-refractivity contribution in [1.82, 2.24) is 0 Å². The molecule has 0 N–H and O–H groups in total. The fourth-order valence-electron chi connectivity index (χ4n) is 0.773. The molecule has 0 heteroatoms. The van der Waals surface area contributed by atoms with Crippen molar-refractivity contribution in [3.8, 4) is 0 Å². The fourth-order valence-corrected chi connectivity index (χ4v) is 0.773. The molecule has 6 heavy (non-hydrogen) atoms. The molecular formula is C6H11. The third-order valence-corrected chi connectivity index (χ3v) is 1.62. The highest BCUT2D eigenvalue weighted by atomic mass is 14.2. The lowest BCUT2D eigenvalue weighted by Crippen LogP contribution is -2.08. The summed E-state index contributed by atoms with van der Waals surface area (Å²) in [7, 11) is 0. The average molecular weight is 83.2 g/mol. The lowest BCUT2D eigenvalue weighted by molar-refractivity contribution is 0.363. The first kappa shape index (κ1) is 4.17. The Morgan fingerprint density at radius 3 is 2.17 bits per heavy atom. The molecule has 1 fully saturated rings. The molecular weight excluding hydrogens is 72.1 g/mol. The van der Waals surface area contributed by atoms with E-state index in [0.29, 0.717) is 0 Å². The van der Waals surface area contributed by atoms with Gasteiger partial charge in [-0.2, -0.15) is 0 Å². The molecule has 0 saturated heterocycles. The van der Waals surface area contributed by atoms with E-state index in [2.05, 4.69) is 13.3 Å². The van der Waals surface area contributed by atoms with Crippen molar-refractivity contribution in [2.24, 2.45) is 5.92 Å². The average Bonchev–Trinajstić information content (AvgIpc) is 1.31. The topological polar surface area (TPSA) is 0 Å². The van der Waals surface area contributed by atoms with E-state index in [1.54, 1.807) is 0 Å². The molecule has 0 unspecified atom stereocenters. The Labute approximate surface area is 39.6 Å². The summed E-state index contributed by atoms with van der Waals surface area (Å²) in [6.07, 6.45) is 6.69. The van der Waals surface area contributed by atoms with Crippen molar-refractivity contribution in [2.75, 3.05) is 0 Å². The van der Waals surface area contributed by atoms with Gasteiger partial charge < -0.3 is 0 Å². The second-order valence-electron chi connectivity index (χ2n) is 2.02. The molecule has 0 aliphatic heterocycles. The van der Waals surface area contributed by atoms with E-state index >= 15 is 0 Å². The molecule has 0 nitrogen and oxygen atoms in total. The van der Waals surface area contributed by atoms with E-state index in [1.807, 2.05) is 0 Å². The zero-order valence-electron chi connectivity index (χ0n) is 4.28. The van der Waals surface area contributed by atoms with Crippen molar-refractivity contribution >= 4 is 0 Å². The van der Waals surface area contributed by atoms with Crippen LogP contribution in [0.2, 0.25) is 0 Å². The Balaban J connectivity index is 2.01. The fraction of sp³-hybridized carbons (Fsp3) is 0.833. The third-order valence-electron chi connectivity index (χ3n) is 1.62. The Morgan fingerprint density at radius 2 is 2.17 bits per heavy atom. The van der Waals surface area contributed by atoms with Crippen molar-refractivity contribution in [1.29, 1.82) is 0 Å². The molecule has 1 saturated carbocycles. The zero-order chi connectivity index (χ0) is 4.41. The quantitative estimate of drug-likeness (QED) is 0.455. The molecule has 0 aromatic heterocycles. The predicted octanol–water partition coefficient (Wildman–Crippen LogP) is 2.01. The molecule has 0 heterocycles. The van der Waals surface area contributed by atoms with Crippen LogP contribution in [0, 0.1) is 12.3 Å². The summed E-state index contributed by atoms with van der Waals surface area (Å²) in [4.78, 5) is 0. The zero-order valence-corrected chi connectivity index (χ0v) is 4.28. The maximum atomic E-state index is 2.31. The monoisotopic (exact) mass is 83.1 g/mol. The maximum Gasteiger partial charge on any atom is -0.0386 e. The highest BCUT2D eigenvalue weighted by Crippen LogP contribution is 2.27. The molecule has 0 spiro atoms. The highest BCUT2D eigenvalue weighted by molar-refractivity contribution is 4.78. The summed E-state index contributed by atoms with van der Waals surface area (Å²) >= 11 is 0. The van der Waals surface area contributed by atoms with Gasteiger partial charge in [-0.15, -0.1) is 0 Å². The molecule has 0 atom stereocenters. The SMILES string of the molecule is C[CH]C1CCC1. The van der Waals surface area contributed by atoms with E-state index in [-0.39, 0.29) is 0 Å². The second kappa shape index (κ2) is 1.63. The van der Waals surface area contributed by atoms with Crippen LogP contribution >= 0.6 is 0 Å². The van der Waals surface area contributed by atoms with Crippen LogP contribution in [-0.4, -0.2) is 0 Å². The number of rotatable bonds is 1. The Morgan fingerprint density at radius 1 is 1.50 bits per heavy atom. The van der Waals surface area contributed by atoms with Crippen LogP contribution in [0.25, 0.3) is 0 Å². The van der Waals surface area contributed by atoms with E-state index in [9.17, 15) is 0 Å². The normalized spacial score (nSPS) is 23.5. The standard InChI is InChI=1S/C6H11/c1-2-6-4-3-5-6/h2,6H,3-5H2,1H3. The lowest BCUT2D eigenvalue weighted by atomic mass is 9.84. The van der Waals surface area contributed by atoms with Gasteiger partial charge in [-0.05, 0) is 12.3 Å². The lowest BCUT2D eigenvalue weighted by Gasteiger charge is -2.22. The number of hydrogen-bond donors (Lipinski definition) is 0. The van der Waals surface area contributed by atoms with Gasteiger partial charge in [0.1, 0.15) is 0 Å². The van der Waals surface area contributed by atoms with Crippen molar-refractivity contribution < 1.29 is 0 Å². The molecule has 0 bridgehead atoms. The van der Waals surface area contributed by atoms with Crippen LogP contribution in [0.1, 0.15) is 26.2 Å². The molecule has 0 amide bonds. The van der Waals surface area contributed by atoms with E-state index in [4.69, 9.17) is 0 Å². The van der Waals surface area contributed by atoms with Crippen molar-refractivity contribution in [3.05, 3.63) is 6.42 Å². The molecule has 35 valence electrons. The largest absolute Gasteiger partial charge is 0.0620 e. The van der Waals surface area contributed by atoms with Crippen molar-refractivity contribution in [3.63, 3.8) is 0 Å². The van der Waals surface area contributed by atoms with E-state index in [1.165, 1.54) is 19.3 Å². The molecule has 1 aliphatic carbocycles. The van der Waals surface area contributed by atoms with Crippen LogP contribution in [0.4, 0.5) is 0 Å². The minimum Gasteiger partial charge on any atom is -0.0620 e. The first-order valence-corrected chi connectivity index (χ1v) is 2.73. The Kier molecular flexibility index (Phi) is 1.13. The predicted molar refractivity (Wildman–Crippen MR) is 27.3 cm³/mol. The molecule has 0 aromatic rings. The highest BCUT2D eigenvalue weighted by Gasteiger charge is 2.13. The molecule has 0 aromatic carbocycles. The number of hydrogen-bond acceptors (Lipinski definition) is 0. The summed E-state index contributed by atoms with van der Waals surface area (Å²) in [5.41, 5.74) is 0. The summed E-state index contributed by atoms with van der Waals surface area (Å²) < 4.78 is 0. The van der Waals surface area contributed by atoms with Gasteiger partial charge in [0, 0.05) is 0 Å². The van der Waals surface area contributed by atoms with Gasteiger partial charge >= 0.3 is 0 Å². The van der Waals surface area contributed by atoms with Crippen LogP contribution < -0.4 is 0 Å². The summed E-state index contributed by atoms with van der Waals surface area (Å²) in [5, 5.41) is 0. The van der Waals surface area contributed by atoms with Gasteiger partial charge in [-0.3, -0.25) is 0 Å². The maximum absolute atomic E-state index is 2.31. The van der Waals surface area contributed by atoms with Gasteiger partial charge in [-0.1, -0.05) is 26.2 Å². The third kappa shape index (κ3) is 0.562. The Hall–Kier alpha value is 0. The van der Waals surface area contributed by atoms with E-state index < -0.39 is 0 Å². The van der Waals surface area contributed by atoms with Crippen LogP contribution in [-0.2, 0) is 0 Å². The summed E-state index contributed by atoms with van der Waals surface area (Å²) in [6.45, 7) is 2.16. The first-order valence-electron chi connectivity index (χ1n) is 2.73. The van der Waals surface area contributed by atoms with Gasteiger partial charge in [0.05, 0.1) is 0 Å². The summed E-state index contributed by atoms with van der Waals surface area (Å²) in [6, 6.07) is 0. The van der Waals surface area contributed by atoms with Crippen LogP contribution in [0.3, 0.4) is 0 Å². The van der Waals surface area contributed by atoms with Crippen LogP contribution in [0.15, 0.2) is 0 Å². The summed E-state index contributed by atoms with van der Waals surface area (Å²) in [5.74, 6) is 0.991.